The first kappa shape index (κ1) is 21.2. The summed E-state index contributed by atoms with van der Waals surface area (Å²) in [5, 5.41) is 3.82. The van der Waals surface area contributed by atoms with Gasteiger partial charge in [-0.2, -0.15) is 0 Å². The van der Waals surface area contributed by atoms with E-state index in [0.29, 0.717) is 11.3 Å². The van der Waals surface area contributed by atoms with Crippen LogP contribution in [0, 0.1) is 0 Å². The molecule has 1 aliphatic heterocycles. The lowest BCUT2D eigenvalue weighted by Gasteiger charge is -2.30. The maximum Gasteiger partial charge on any atom is 0.248 e. The van der Waals surface area contributed by atoms with Crippen molar-refractivity contribution in [1.29, 1.82) is 0 Å². The largest absolute Gasteiger partial charge is 0.370 e. The number of hydrogen-bond donors (Lipinski definition) is 2. The molecule has 0 saturated carbocycles. The number of aromatic nitrogens is 2. The van der Waals surface area contributed by atoms with Crippen LogP contribution in [0.15, 0.2) is 47.6 Å². The number of rotatable bonds is 7. The molecule has 2 amide bonds. The lowest BCUT2D eigenvalue weighted by atomic mass is 10.1. The van der Waals surface area contributed by atoms with Gasteiger partial charge in [0.2, 0.25) is 11.8 Å². The van der Waals surface area contributed by atoms with Gasteiger partial charge in [-0.15, -0.1) is 0 Å². The summed E-state index contributed by atoms with van der Waals surface area (Å²) in [7, 11) is 0. The zero-order chi connectivity index (χ0) is 21.8. The van der Waals surface area contributed by atoms with Gasteiger partial charge in [0, 0.05) is 25.2 Å². The maximum absolute atomic E-state index is 12.8. The van der Waals surface area contributed by atoms with Crippen molar-refractivity contribution in [2.45, 2.75) is 37.9 Å². The van der Waals surface area contributed by atoms with Crippen molar-refractivity contribution in [3.63, 3.8) is 0 Å². The molecule has 0 radical (unpaired) electrons. The minimum absolute atomic E-state index is 0.139. The number of imidazole rings is 1. The average molecular weight is 438 g/mol. The summed E-state index contributed by atoms with van der Waals surface area (Å²) < 4.78 is 2.11. The van der Waals surface area contributed by atoms with Crippen molar-refractivity contribution >= 4 is 46.0 Å². The fourth-order valence-corrected chi connectivity index (χ4v) is 4.86. The lowest BCUT2D eigenvalue weighted by molar-refractivity contribution is -0.113. The van der Waals surface area contributed by atoms with E-state index in [1.54, 1.807) is 12.1 Å². The predicted molar refractivity (Wildman–Crippen MR) is 126 cm³/mol. The minimum atomic E-state index is -0.508. The van der Waals surface area contributed by atoms with E-state index in [1.165, 1.54) is 18.2 Å². The smallest absolute Gasteiger partial charge is 0.248 e. The molecule has 0 bridgehead atoms. The van der Waals surface area contributed by atoms with Crippen molar-refractivity contribution in [2.24, 2.45) is 5.73 Å². The van der Waals surface area contributed by atoms with Crippen molar-refractivity contribution in [1.82, 2.24) is 9.55 Å². The molecule has 1 fully saturated rings. The number of fused-ring (bicyclic) bond motifs is 1. The Morgan fingerprint density at radius 1 is 1.13 bits per heavy atom. The van der Waals surface area contributed by atoms with E-state index < -0.39 is 5.91 Å². The second-order valence-electron chi connectivity index (χ2n) is 7.61. The first-order valence-electron chi connectivity index (χ1n) is 10.6. The van der Waals surface area contributed by atoms with Crippen LogP contribution >= 0.6 is 11.8 Å². The summed E-state index contributed by atoms with van der Waals surface area (Å²) >= 11 is 1.41. The highest BCUT2D eigenvalue weighted by atomic mass is 32.2. The molecule has 162 valence electrons. The highest BCUT2D eigenvalue weighted by molar-refractivity contribution is 7.99. The summed E-state index contributed by atoms with van der Waals surface area (Å²) in [5.74, 6) is -0.421. The van der Waals surface area contributed by atoms with Gasteiger partial charge in [-0.05, 0) is 56.5 Å². The Morgan fingerprint density at radius 3 is 2.65 bits per heavy atom. The standard InChI is InChI=1S/C23H27N5O2S/c1-2-28-20-9-5-4-8-17(20)26-23(28)31-15-21(29)25-18-14-16(22(24)30)10-11-19(18)27-12-6-3-7-13-27/h4-5,8-11,14H,2-3,6-7,12-13,15H2,1H3,(H2,24,30)(H,25,29). The number of primary amides is 1. The first-order valence-corrected chi connectivity index (χ1v) is 11.6. The molecule has 1 aromatic heterocycles. The van der Waals surface area contributed by atoms with Gasteiger partial charge in [0.05, 0.1) is 28.2 Å². The Morgan fingerprint density at radius 2 is 1.90 bits per heavy atom. The topological polar surface area (TPSA) is 93.2 Å². The van der Waals surface area contributed by atoms with E-state index in [2.05, 4.69) is 26.7 Å². The van der Waals surface area contributed by atoms with Crippen LogP contribution in [0.4, 0.5) is 11.4 Å². The molecule has 4 rings (SSSR count). The quantitative estimate of drug-likeness (QED) is 0.547. The molecule has 8 heteroatoms. The van der Waals surface area contributed by atoms with Gasteiger partial charge in [0.25, 0.3) is 0 Å². The van der Waals surface area contributed by atoms with E-state index in [9.17, 15) is 9.59 Å². The number of aryl methyl sites for hydroxylation is 1. The van der Waals surface area contributed by atoms with Gasteiger partial charge < -0.3 is 20.5 Å². The fraction of sp³-hybridized carbons (Fsp3) is 0.348. The van der Waals surface area contributed by atoms with Crippen molar-refractivity contribution < 1.29 is 9.59 Å². The maximum atomic E-state index is 12.8. The number of anilines is 2. The van der Waals surface area contributed by atoms with Crippen LogP contribution in [0.2, 0.25) is 0 Å². The molecule has 0 unspecified atom stereocenters. The zero-order valence-electron chi connectivity index (χ0n) is 17.6. The highest BCUT2D eigenvalue weighted by Gasteiger charge is 2.18. The Balaban J connectivity index is 1.51. The number of carbonyl (C=O) groups is 2. The van der Waals surface area contributed by atoms with E-state index in [-0.39, 0.29) is 11.7 Å². The fourth-order valence-electron chi connectivity index (χ4n) is 3.99. The van der Waals surface area contributed by atoms with Gasteiger partial charge in [-0.3, -0.25) is 9.59 Å². The summed E-state index contributed by atoms with van der Waals surface area (Å²) in [5.41, 5.74) is 9.41. The Kier molecular flexibility index (Phi) is 6.46. The van der Waals surface area contributed by atoms with Crippen molar-refractivity contribution in [2.75, 3.05) is 29.1 Å². The molecule has 0 spiro atoms. The van der Waals surface area contributed by atoms with Gasteiger partial charge >= 0.3 is 0 Å². The zero-order valence-corrected chi connectivity index (χ0v) is 18.5. The number of nitrogens with one attached hydrogen (secondary N) is 1. The molecule has 2 heterocycles. The van der Waals surface area contributed by atoms with Crippen LogP contribution in [-0.4, -0.2) is 40.2 Å². The highest BCUT2D eigenvalue weighted by Crippen LogP contribution is 2.30. The summed E-state index contributed by atoms with van der Waals surface area (Å²) in [6.07, 6.45) is 3.45. The van der Waals surface area contributed by atoms with Crippen LogP contribution in [0.25, 0.3) is 11.0 Å². The molecule has 7 nitrogen and oxygen atoms in total. The number of nitrogens with zero attached hydrogens (tertiary/aromatic N) is 3. The third-order valence-corrected chi connectivity index (χ3v) is 6.50. The molecule has 1 saturated heterocycles. The molecule has 1 aliphatic rings. The summed E-state index contributed by atoms with van der Waals surface area (Å²) in [6.45, 7) is 4.73. The normalized spacial score (nSPS) is 14.0. The monoisotopic (exact) mass is 437 g/mol. The number of hydrogen-bond acceptors (Lipinski definition) is 5. The van der Waals surface area contributed by atoms with Crippen LogP contribution < -0.4 is 16.0 Å². The number of para-hydroxylation sites is 2. The van der Waals surface area contributed by atoms with Crippen LogP contribution in [0.5, 0.6) is 0 Å². The Labute approximate surface area is 186 Å². The van der Waals surface area contributed by atoms with E-state index in [4.69, 9.17) is 5.73 Å². The van der Waals surface area contributed by atoms with Gasteiger partial charge in [0.15, 0.2) is 5.16 Å². The second kappa shape index (κ2) is 9.43. The molecule has 2 aromatic carbocycles. The number of carbonyl (C=O) groups excluding carboxylic acids is 2. The molecule has 0 atom stereocenters. The predicted octanol–water partition coefficient (Wildman–Crippen LogP) is 3.88. The average Bonchev–Trinajstić information content (AvgIpc) is 3.15. The Hall–Kier alpha value is -3.00. The third-order valence-electron chi connectivity index (χ3n) is 5.52. The van der Waals surface area contributed by atoms with Crippen LogP contribution in [-0.2, 0) is 11.3 Å². The molecular weight excluding hydrogens is 410 g/mol. The van der Waals surface area contributed by atoms with E-state index >= 15 is 0 Å². The van der Waals surface area contributed by atoms with Crippen molar-refractivity contribution in [3.05, 3.63) is 48.0 Å². The molecular formula is C23H27N5O2S. The summed E-state index contributed by atoms with van der Waals surface area (Å²) in [6, 6.07) is 13.2. The minimum Gasteiger partial charge on any atom is -0.370 e. The third kappa shape index (κ3) is 4.69. The number of amides is 2. The summed E-state index contributed by atoms with van der Waals surface area (Å²) in [4.78, 5) is 31.4. The van der Waals surface area contributed by atoms with Gasteiger partial charge in [-0.25, -0.2) is 4.98 Å². The lowest BCUT2D eigenvalue weighted by Crippen LogP contribution is -2.30. The molecule has 3 aromatic rings. The van der Waals surface area contributed by atoms with Gasteiger partial charge in [0.1, 0.15) is 0 Å². The first-order chi connectivity index (χ1) is 15.1. The van der Waals surface area contributed by atoms with Crippen LogP contribution in [0.3, 0.4) is 0 Å². The molecule has 31 heavy (non-hydrogen) atoms. The van der Waals surface area contributed by atoms with Crippen LogP contribution in [0.1, 0.15) is 36.5 Å². The number of piperidine rings is 1. The number of nitrogens with two attached hydrogens (primary N) is 1. The SMILES string of the molecule is CCn1c(SCC(=O)Nc2cc(C(N)=O)ccc2N2CCCCC2)nc2ccccc21. The van der Waals surface area contributed by atoms with E-state index in [0.717, 1.165) is 54.4 Å². The second-order valence-corrected chi connectivity index (χ2v) is 8.55. The molecule has 3 N–H and O–H groups in total. The number of benzene rings is 2. The Bertz CT molecular complexity index is 1100. The number of thioether (sulfide) groups is 1. The van der Waals surface area contributed by atoms with Crippen molar-refractivity contribution in [3.8, 4) is 0 Å². The van der Waals surface area contributed by atoms with E-state index in [1.807, 2.05) is 30.3 Å². The molecule has 0 aliphatic carbocycles. The van der Waals surface area contributed by atoms with Gasteiger partial charge in [-0.1, -0.05) is 23.9 Å².